The molecule has 2 heterocycles. The molecule has 128 valence electrons. The van der Waals surface area contributed by atoms with Crippen molar-refractivity contribution in [1.29, 1.82) is 0 Å². The fourth-order valence-electron chi connectivity index (χ4n) is 2.52. The molecule has 1 aromatic carbocycles. The van der Waals surface area contributed by atoms with Crippen molar-refractivity contribution in [3.63, 3.8) is 0 Å². The van der Waals surface area contributed by atoms with E-state index in [1.807, 2.05) is 29.2 Å². The van der Waals surface area contributed by atoms with E-state index in [0.29, 0.717) is 13.1 Å². The van der Waals surface area contributed by atoms with Crippen LogP contribution in [0.15, 0.2) is 28.7 Å². The van der Waals surface area contributed by atoms with Gasteiger partial charge in [-0.1, -0.05) is 36.7 Å². The Morgan fingerprint density at radius 2 is 1.75 bits per heavy atom. The van der Waals surface area contributed by atoms with Crippen LogP contribution in [0.1, 0.15) is 37.0 Å². The van der Waals surface area contributed by atoms with E-state index in [-0.39, 0.29) is 11.3 Å². The lowest BCUT2D eigenvalue weighted by molar-refractivity contribution is 0.0747. The molecule has 0 aliphatic carbocycles. The second-order valence-corrected chi connectivity index (χ2v) is 8.58. The largest absolute Gasteiger partial charge is 0.343 e. The van der Waals surface area contributed by atoms with Crippen LogP contribution in [0.2, 0.25) is 0 Å². The molecule has 1 saturated heterocycles. The molecule has 1 amide bonds. The van der Waals surface area contributed by atoms with Gasteiger partial charge in [0, 0.05) is 53.2 Å². The third kappa shape index (κ3) is 3.78. The second-order valence-electron chi connectivity index (χ2n) is 6.94. The first-order chi connectivity index (χ1) is 11.3. The predicted molar refractivity (Wildman–Crippen MR) is 101 cm³/mol. The number of hydrogen-bond acceptors (Lipinski definition) is 5. The molecule has 1 fully saturated rings. The van der Waals surface area contributed by atoms with E-state index in [0.717, 1.165) is 34.1 Å². The molecule has 5 nitrogen and oxygen atoms in total. The highest BCUT2D eigenvalue weighted by Gasteiger charge is 2.26. The van der Waals surface area contributed by atoms with Gasteiger partial charge in [-0.2, -0.15) is 4.37 Å². The summed E-state index contributed by atoms with van der Waals surface area (Å²) in [5.41, 5.74) is 0.700. The molecule has 0 N–H and O–H groups in total. The lowest BCUT2D eigenvalue weighted by Gasteiger charge is -2.34. The van der Waals surface area contributed by atoms with Gasteiger partial charge in [-0.15, -0.1) is 0 Å². The van der Waals surface area contributed by atoms with E-state index in [4.69, 9.17) is 0 Å². The first-order valence-electron chi connectivity index (χ1n) is 7.98. The zero-order valence-corrected chi connectivity index (χ0v) is 16.5. The number of halogens is 1. The van der Waals surface area contributed by atoms with Crippen LogP contribution >= 0.6 is 27.5 Å². The molecule has 0 spiro atoms. The average molecular weight is 409 g/mol. The van der Waals surface area contributed by atoms with Crippen LogP contribution in [0.3, 0.4) is 0 Å². The van der Waals surface area contributed by atoms with Gasteiger partial charge >= 0.3 is 0 Å². The van der Waals surface area contributed by atoms with Crippen LogP contribution in [0.4, 0.5) is 5.13 Å². The van der Waals surface area contributed by atoms with Crippen LogP contribution in [0.5, 0.6) is 0 Å². The molecule has 7 heteroatoms. The molecule has 1 aromatic heterocycles. The van der Waals surface area contributed by atoms with Crippen molar-refractivity contribution < 1.29 is 4.79 Å². The lowest BCUT2D eigenvalue weighted by atomic mass is 9.96. The van der Waals surface area contributed by atoms with Crippen molar-refractivity contribution in [3.05, 3.63) is 40.1 Å². The molecule has 1 aliphatic rings. The Hall–Kier alpha value is -1.47. The zero-order valence-electron chi connectivity index (χ0n) is 14.1. The van der Waals surface area contributed by atoms with Gasteiger partial charge in [-0.3, -0.25) is 4.79 Å². The fourth-order valence-corrected chi connectivity index (χ4v) is 3.70. The number of amides is 1. The molecule has 0 radical (unpaired) electrons. The molecule has 0 atom stereocenters. The molecule has 0 bridgehead atoms. The van der Waals surface area contributed by atoms with Gasteiger partial charge < -0.3 is 9.80 Å². The first-order valence-corrected chi connectivity index (χ1v) is 9.55. The maximum Gasteiger partial charge on any atom is 0.253 e. The fraction of sp³-hybridized carbons (Fsp3) is 0.471. The number of rotatable bonds is 2. The van der Waals surface area contributed by atoms with Gasteiger partial charge in [-0.05, 0) is 24.3 Å². The number of benzene rings is 1. The van der Waals surface area contributed by atoms with E-state index >= 15 is 0 Å². The number of aromatic nitrogens is 2. The number of nitrogens with zero attached hydrogens (tertiary/aromatic N) is 4. The van der Waals surface area contributed by atoms with E-state index in [1.165, 1.54) is 11.5 Å². The van der Waals surface area contributed by atoms with Crippen LogP contribution in [-0.2, 0) is 5.41 Å². The summed E-state index contributed by atoms with van der Waals surface area (Å²) >= 11 is 4.84. The van der Waals surface area contributed by atoms with Gasteiger partial charge in [0.15, 0.2) is 0 Å². The number of carbonyl (C=O) groups is 1. The van der Waals surface area contributed by atoms with E-state index in [1.54, 1.807) is 0 Å². The Kier molecular flexibility index (Phi) is 4.92. The summed E-state index contributed by atoms with van der Waals surface area (Å²) in [5.74, 6) is 0.977. The monoisotopic (exact) mass is 408 g/mol. The van der Waals surface area contributed by atoms with Crippen molar-refractivity contribution in [1.82, 2.24) is 14.3 Å². The van der Waals surface area contributed by atoms with Gasteiger partial charge in [-0.25, -0.2) is 4.98 Å². The highest BCUT2D eigenvalue weighted by atomic mass is 79.9. The van der Waals surface area contributed by atoms with Gasteiger partial charge in [0.1, 0.15) is 5.82 Å². The Bertz CT molecular complexity index is 715. The van der Waals surface area contributed by atoms with Crippen molar-refractivity contribution in [2.75, 3.05) is 31.1 Å². The van der Waals surface area contributed by atoms with Crippen LogP contribution in [0.25, 0.3) is 0 Å². The maximum atomic E-state index is 12.6. The van der Waals surface area contributed by atoms with E-state index in [2.05, 4.69) is 51.0 Å². The smallest absolute Gasteiger partial charge is 0.253 e. The van der Waals surface area contributed by atoms with Crippen LogP contribution < -0.4 is 4.90 Å². The molecule has 0 unspecified atom stereocenters. The maximum absolute atomic E-state index is 12.6. The van der Waals surface area contributed by atoms with Gasteiger partial charge in [0.05, 0.1) is 0 Å². The molecule has 0 saturated carbocycles. The van der Waals surface area contributed by atoms with Crippen molar-refractivity contribution in [2.24, 2.45) is 0 Å². The lowest BCUT2D eigenvalue weighted by Crippen LogP contribution is -2.48. The summed E-state index contributed by atoms with van der Waals surface area (Å²) in [5, 5.41) is 0.954. The van der Waals surface area contributed by atoms with E-state index in [9.17, 15) is 4.79 Å². The topological polar surface area (TPSA) is 49.3 Å². The zero-order chi connectivity index (χ0) is 17.3. The summed E-state index contributed by atoms with van der Waals surface area (Å²) in [4.78, 5) is 21.4. The number of hydrogen-bond donors (Lipinski definition) is 0. The third-order valence-corrected chi connectivity index (χ3v) is 5.32. The third-order valence-electron chi connectivity index (χ3n) is 4.01. The second kappa shape index (κ2) is 6.80. The van der Waals surface area contributed by atoms with E-state index < -0.39 is 0 Å². The minimum Gasteiger partial charge on any atom is -0.343 e. The normalized spacial score (nSPS) is 15.7. The van der Waals surface area contributed by atoms with Crippen molar-refractivity contribution in [2.45, 2.75) is 26.2 Å². The Morgan fingerprint density at radius 1 is 1.12 bits per heavy atom. The van der Waals surface area contributed by atoms with Gasteiger partial charge in [0.2, 0.25) is 5.13 Å². The minimum absolute atomic E-state index is 0.0336. The number of anilines is 1. The molecule has 1 aliphatic heterocycles. The molecule has 2 aromatic rings. The Balaban J connectivity index is 1.62. The van der Waals surface area contributed by atoms with Crippen LogP contribution in [0, 0.1) is 0 Å². The predicted octanol–water partition coefficient (Wildman–Crippen LogP) is 3.56. The summed E-state index contributed by atoms with van der Waals surface area (Å²) in [6.07, 6.45) is 0. The summed E-state index contributed by atoms with van der Waals surface area (Å²) in [7, 11) is 0. The summed E-state index contributed by atoms with van der Waals surface area (Å²) in [6, 6.07) is 7.52. The minimum atomic E-state index is -0.0336. The highest BCUT2D eigenvalue weighted by molar-refractivity contribution is 9.10. The summed E-state index contributed by atoms with van der Waals surface area (Å²) < 4.78 is 5.46. The molecular formula is C17H21BrN4OS. The molecule has 3 rings (SSSR count). The van der Waals surface area contributed by atoms with Gasteiger partial charge in [0.25, 0.3) is 5.91 Å². The SMILES string of the molecule is CC(C)(C)c1nsc(N2CCN(C(=O)c3ccc(Br)cc3)CC2)n1. The van der Waals surface area contributed by atoms with Crippen LogP contribution in [-0.4, -0.2) is 46.3 Å². The quantitative estimate of drug-likeness (QED) is 0.761. The average Bonchev–Trinajstić information content (AvgIpc) is 3.05. The first kappa shape index (κ1) is 17.4. The van der Waals surface area contributed by atoms with Crippen molar-refractivity contribution >= 4 is 38.5 Å². The highest BCUT2D eigenvalue weighted by Crippen LogP contribution is 2.26. The van der Waals surface area contributed by atoms with Crippen molar-refractivity contribution in [3.8, 4) is 0 Å². The number of carbonyl (C=O) groups excluding carboxylic acids is 1. The number of piperazine rings is 1. The Labute approximate surface area is 155 Å². The Morgan fingerprint density at radius 3 is 2.29 bits per heavy atom. The standard InChI is InChI=1S/C17H21BrN4OS/c1-17(2,3)15-19-16(24-20-15)22-10-8-21(9-11-22)14(23)12-4-6-13(18)7-5-12/h4-7H,8-11H2,1-3H3. The molecule has 24 heavy (non-hydrogen) atoms. The summed E-state index contributed by atoms with van der Waals surface area (Å²) in [6.45, 7) is 9.36. The molecular weight excluding hydrogens is 388 g/mol.